The van der Waals surface area contributed by atoms with Crippen molar-refractivity contribution in [3.63, 3.8) is 0 Å². The highest BCUT2D eigenvalue weighted by Gasteiger charge is 2.22. The second kappa shape index (κ2) is 9.07. The zero-order chi connectivity index (χ0) is 19.9. The predicted molar refractivity (Wildman–Crippen MR) is 103 cm³/mol. The van der Waals surface area contributed by atoms with Gasteiger partial charge in [0.25, 0.3) is 11.8 Å². The monoisotopic (exact) mass is 381 g/mol. The highest BCUT2D eigenvalue weighted by molar-refractivity contribution is 5.99. The van der Waals surface area contributed by atoms with Crippen molar-refractivity contribution in [2.75, 3.05) is 39.8 Å². The van der Waals surface area contributed by atoms with Crippen molar-refractivity contribution in [3.05, 3.63) is 59.7 Å². The van der Waals surface area contributed by atoms with E-state index in [1.165, 1.54) is 12.4 Å². The number of nitrogens with zero attached hydrogens (tertiary/aromatic N) is 5. The van der Waals surface area contributed by atoms with Gasteiger partial charge in [-0.2, -0.15) is 0 Å². The van der Waals surface area contributed by atoms with E-state index in [0.717, 1.165) is 18.4 Å². The number of rotatable bonds is 6. The summed E-state index contributed by atoms with van der Waals surface area (Å²) >= 11 is 0. The van der Waals surface area contributed by atoms with Gasteiger partial charge in [0.15, 0.2) is 0 Å². The molecule has 0 bridgehead atoms. The summed E-state index contributed by atoms with van der Waals surface area (Å²) < 4.78 is 0. The number of likely N-dealkylation sites (N-methyl/N-ethyl adjacent to an activating group) is 1. The first kappa shape index (κ1) is 19.5. The number of carbonyl (C=O) groups excluding carboxylic acids is 3. The van der Waals surface area contributed by atoms with Crippen molar-refractivity contribution in [1.82, 2.24) is 24.7 Å². The lowest BCUT2D eigenvalue weighted by Crippen LogP contribution is -2.48. The fraction of sp³-hybridized carbons (Fsp3) is 0.350. The average molecular weight is 381 g/mol. The SMILES string of the molecule is CN(CCc1ccncc1)C(=O)c1cncc(C(=O)N2CCN(C=O)CC2)c1. The highest BCUT2D eigenvalue weighted by Crippen LogP contribution is 2.11. The maximum Gasteiger partial charge on any atom is 0.255 e. The van der Waals surface area contributed by atoms with Crippen LogP contribution in [0.4, 0.5) is 0 Å². The summed E-state index contributed by atoms with van der Waals surface area (Å²) in [4.78, 5) is 49.2. The van der Waals surface area contributed by atoms with E-state index >= 15 is 0 Å². The summed E-state index contributed by atoms with van der Waals surface area (Å²) in [7, 11) is 1.73. The van der Waals surface area contributed by atoms with Crippen molar-refractivity contribution in [2.24, 2.45) is 0 Å². The Morgan fingerprint density at radius 2 is 1.75 bits per heavy atom. The second-order valence-corrected chi connectivity index (χ2v) is 6.73. The third kappa shape index (κ3) is 4.70. The molecule has 1 fully saturated rings. The van der Waals surface area contributed by atoms with E-state index in [9.17, 15) is 14.4 Å². The molecule has 0 radical (unpaired) electrons. The minimum Gasteiger partial charge on any atom is -0.342 e. The molecule has 3 amide bonds. The van der Waals surface area contributed by atoms with Gasteiger partial charge in [-0.25, -0.2) is 0 Å². The van der Waals surface area contributed by atoms with Crippen molar-refractivity contribution in [2.45, 2.75) is 6.42 Å². The van der Waals surface area contributed by atoms with E-state index < -0.39 is 0 Å². The molecule has 3 rings (SSSR count). The molecule has 1 aliphatic rings. The number of piperazine rings is 1. The van der Waals surface area contributed by atoms with Crippen LogP contribution in [0.5, 0.6) is 0 Å². The third-order valence-corrected chi connectivity index (χ3v) is 4.81. The van der Waals surface area contributed by atoms with Gasteiger partial charge >= 0.3 is 0 Å². The zero-order valence-corrected chi connectivity index (χ0v) is 15.8. The maximum atomic E-state index is 12.7. The molecule has 0 saturated carbocycles. The van der Waals surface area contributed by atoms with Crippen LogP contribution in [0, 0.1) is 0 Å². The van der Waals surface area contributed by atoms with E-state index in [2.05, 4.69) is 9.97 Å². The Balaban J connectivity index is 1.62. The van der Waals surface area contributed by atoms with Crippen LogP contribution in [0.2, 0.25) is 0 Å². The Morgan fingerprint density at radius 1 is 1.07 bits per heavy atom. The van der Waals surface area contributed by atoms with Crippen LogP contribution >= 0.6 is 0 Å². The van der Waals surface area contributed by atoms with Gasteiger partial charge in [-0.3, -0.25) is 24.4 Å². The largest absolute Gasteiger partial charge is 0.342 e. The Hall–Kier alpha value is -3.29. The first-order chi connectivity index (χ1) is 13.6. The van der Waals surface area contributed by atoms with E-state index in [-0.39, 0.29) is 11.8 Å². The van der Waals surface area contributed by atoms with Crippen LogP contribution < -0.4 is 0 Å². The molecule has 0 N–H and O–H groups in total. The number of amides is 3. The molecule has 2 aromatic rings. The molecule has 146 valence electrons. The van der Waals surface area contributed by atoms with Gasteiger partial charge in [-0.1, -0.05) is 0 Å². The molecule has 1 aliphatic heterocycles. The van der Waals surface area contributed by atoms with Gasteiger partial charge in [0.2, 0.25) is 6.41 Å². The number of hydrogen-bond donors (Lipinski definition) is 0. The zero-order valence-electron chi connectivity index (χ0n) is 15.8. The van der Waals surface area contributed by atoms with Gasteiger partial charge in [-0.05, 0) is 30.2 Å². The van der Waals surface area contributed by atoms with Crippen LogP contribution in [-0.2, 0) is 11.2 Å². The van der Waals surface area contributed by atoms with E-state index in [1.807, 2.05) is 12.1 Å². The number of carbonyl (C=O) groups is 3. The molecule has 2 aromatic heterocycles. The molecule has 0 aliphatic carbocycles. The van der Waals surface area contributed by atoms with Crippen molar-refractivity contribution >= 4 is 18.2 Å². The highest BCUT2D eigenvalue weighted by atomic mass is 16.2. The maximum absolute atomic E-state index is 12.7. The van der Waals surface area contributed by atoms with Crippen molar-refractivity contribution in [1.29, 1.82) is 0 Å². The summed E-state index contributed by atoms with van der Waals surface area (Å²) in [6.45, 7) is 2.52. The van der Waals surface area contributed by atoms with Crippen LogP contribution in [0.15, 0.2) is 43.0 Å². The molecule has 8 heteroatoms. The quantitative estimate of drug-likeness (QED) is 0.688. The lowest BCUT2D eigenvalue weighted by atomic mass is 10.1. The molecule has 3 heterocycles. The predicted octanol–water partition coefficient (Wildman–Crippen LogP) is 0.706. The standard InChI is InChI=1S/C20H23N5O3/c1-23(7-4-16-2-5-21-6-3-16)19(27)17-12-18(14-22-13-17)20(28)25-10-8-24(15-26)9-11-25/h2-3,5-6,12-15H,4,7-11H2,1H3. The van der Waals surface area contributed by atoms with Crippen LogP contribution in [0.25, 0.3) is 0 Å². The first-order valence-electron chi connectivity index (χ1n) is 9.16. The van der Waals surface area contributed by atoms with E-state index in [4.69, 9.17) is 0 Å². The van der Waals surface area contributed by atoms with Crippen LogP contribution in [0.1, 0.15) is 26.3 Å². The molecule has 0 atom stereocenters. The number of pyridine rings is 2. The summed E-state index contributed by atoms with van der Waals surface area (Å²) in [5.74, 6) is -0.353. The summed E-state index contributed by atoms with van der Waals surface area (Å²) in [5.41, 5.74) is 1.87. The Morgan fingerprint density at radius 3 is 2.43 bits per heavy atom. The van der Waals surface area contributed by atoms with E-state index in [1.54, 1.807) is 40.2 Å². The minimum absolute atomic E-state index is 0.174. The second-order valence-electron chi connectivity index (χ2n) is 6.73. The first-order valence-corrected chi connectivity index (χ1v) is 9.16. The van der Waals surface area contributed by atoms with Crippen molar-refractivity contribution < 1.29 is 14.4 Å². The lowest BCUT2D eigenvalue weighted by molar-refractivity contribution is -0.119. The fourth-order valence-electron chi connectivity index (χ4n) is 3.06. The Labute approximate surface area is 163 Å². The van der Waals surface area contributed by atoms with Gasteiger partial charge in [0.05, 0.1) is 11.1 Å². The molecular formula is C20H23N5O3. The Bertz CT molecular complexity index is 835. The normalized spacial score (nSPS) is 13.9. The van der Waals surface area contributed by atoms with Gasteiger partial charge < -0.3 is 14.7 Å². The summed E-state index contributed by atoms with van der Waals surface area (Å²) in [5, 5.41) is 0. The molecular weight excluding hydrogens is 358 g/mol. The fourth-order valence-corrected chi connectivity index (χ4v) is 3.06. The average Bonchev–Trinajstić information content (AvgIpc) is 2.77. The molecule has 0 spiro atoms. The third-order valence-electron chi connectivity index (χ3n) is 4.81. The van der Waals surface area contributed by atoms with Crippen molar-refractivity contribution in [3.8, 4) is 0 Å². The topological polar surface area (TPSA) is 86.7 Å². The number of hydrogen-bond acceptors (Lipinski definition) is 5. The summed E-state index contributed by atoms with van der Waals surface area (Å²) in [6, 6.07) is 5.43. The van der Waals surface area contributed by atoms with Gasteiger partial charge in [0, 0.05) is 64.6 Å². The van der Waals surface area contributed by atoms with Gasteiger partial charge in [0.1, 0.15) is 0 Å². The molecule has 1 saturated heterocycles. The van der Waals surface area contributed by atoms with E-state index in [0.29, 0.717) is 43.9 Å². The number of aromatic nitrogens is 2. The molecule has 8 nitrogen and oxygen atoms in total. The summed E-state index contributed by atoms with van der Waals surface area (Å²) in [6.07, 6.45) is 7.92. The minimum atomic E-state index is -0.179. The van der Waals surface area contributed by atoms with Gasteiger partial charge in [-0.15, -0.1) is 0 Å². The smallest absolute Gasteiger partial charge is 0.255 e. The molecule has 0 aromatic carbocycles. The Kier molecular flexibility index (Phi) is 6.31. The van der Waals surface area contributed by atoms with Crippen LogP contribution in [-0.4, -0.2) is 82.7 Å². The lowest BCUT2D eigenvalue weighted by Gasteiger charge is -2.32. The molecule has 0 unspecified atom stereocenters. The molecule has 28 heavy (non-hydrogen) atoms. The van der Waals surface area contributed by atoms with Crippen LogP contribution in [0.3, 0.4) is 0 Å².